The quantitative estimate of drug-likeness (QED) is 0.191. The fourth-order valence-corrected chi connectivity index (χ4v) is 6.91. The topological polar surface area (TPSA) is 13.1 Å². The van der Waals surface area contributed by atoms with Crippen LogP contribution in [0.5, 0.6) is 0 Å². The number of hydrogen-bond acceptors (Lipinski definition) is 1. The Balaban J connectivity index is 1.55. The maximum absolute atomic E-state index is 2.45. The van der Waals surface area contributed by atoms with E-state index in [9.17, 15) is 0 Å². The molecule has 0 radical (unpaired) electrons. The maximum atomic E-state index is 2.45. The van der Waals surface area contributed by atoms with Gasteiger partial charge in [-0.05, 0) is 86.2 Å². The average molecular weight is 580 g/mol. The van der Waals surface area contributed by atoms with Crippen LogP contribution < -0.4 is 4.90 Å². The molecule has 0 unspecified atom stereocenters. The smallest absolute Gasteiger partial charge is 0.0783 e. The number of allylic oxidation sites excluding steroid dienone is 1. The summed E-state index contributed by atoms with van der Waals surface area (Å²) in [5, 5.41) is 3.71. The number of para-hydroxylation sites is 5. The Bertz CT molecular complexity index is 2290. The van der Waals surface area contributed by atoms with Crippen molar-refractivity contribution >= 4 is 55.8 Å². The molecule has 3 nitrogen and oxygen atoms in total. The molecule has 0 N–H and O–H groups in total. The van der Waals surface area contributed by atoms with Gasteiger partial charge in [0.15, 0.2) is 0 Å². The molecule has 3 heteroatoms. The lowest BCUT2D eigenvalue weighted by Crippen LogP contribution is -2.11. The van der Waals surface area contributed by atoms with Crippen molar-refractivity contribution in [1.29, 1.82) is 0 Å². The van der Waals surface area contributed by atoms with Gasteiger partial charge in [-0.3, -0.25) is 0 Å². The Morgan fingerprint density at radius 2 is 1.11 bits per heavy atom. The van der Waals surface area contributed by atoms with Crippen LogP contribution in [0.1, 0.15) is 18.2 Å². The second-order valence-corrected chi connectivity index (χ2v) is 11.4. The summed E-state index contributed by atoms with van der Waals surface area (Å²) in [6, 6.07) is 54.3. The van der Waals surface area contributed by atoms with Crippen molar-refractivity contribution in [1.82, 2.24) is 9.13 Å². The molecule has 2 heterocycles. The Labute approximate surface area is 263 Å². The van der Waals surface area contributed by atoms with E-state index in [2.05, 4.69) is 192 Å². The molecule has 0 amide bonds. The molecular formula is C42H33N3. The number of aromatic nitrogens is 2. The first kappa shape index (κ1) is 26.8. The van der Waals surface area contributed by atoms with Crippen LogP contribution in [0.25, 0.3) is 50.2 Å². The summed E-state index contributed by atoms with van der Waals surface area (Å²) in [7, 11) is 0. The van der Waals surface area contributed by atoms with Gasteiger partial charge in [-0.2, -0.15) is 0 Å². The Morgan fingerprint density at radius 3 is 1.80 bits per heavy atom. The monoisotopic (exact) mass is 579 g/mol. The van der Waals surface area contributed by atoms with E-state index in [1.165, 1.54) is 49.7 Å². The minimum absolute atomic E-state index is 1.11. The molecular weight excluding hydrogens is 546 g/mol. The summed E-state index contributed by atoms with van der Waals surface area (Å²) in [5.41, 5.74) is 11.7. The lowest BCUT2D eigenvalue weighted by atomic mass is 10.1. The van der Waals surface area contributed by atoms with Crippen LogP contribution in [-0.2, 0) is 0 Å². The molecule has 0 saturated carbocycles. The summed E-state index contributed by atoms with van der Waals surface area (Å²) >= 11 is 0. The molecule has 0 spiro atoms. The molecule has 45 heavy (non-hydrogen) atoms. The van der Waals surface area contributed by atoms with Gasteiger partial charge in [-0.25, -0.2) is 0 Å². The molecule has 0 atom stereocenters. The molecule has 2 aromatic heterocycles. The van der Waals surface area contributed by atoms with Crippen molar-refractivity contribution in [3.63, 3.8) is 0 Å². The predicted molar refractivity (Wildman–Crippen MR) is 192 cm³/mol. The highest BCUT2D eigenvalue weighted by Gasteiger charge is 2.24. The summed E-state index contributed by atoms with van der Waals surface area (Å²) in [4.78, 5) is 2.38. The van der Waals surface area contributed by atoms with Crippen molar-refractivity contribution in [2.24, 2.45) is 0 Å². The van der Waals surface area contributed by atoms with Gasteiger partial charge >= 0.3 is 0 Å². The average Bonchev–Trinajstić information content (AvgIpc) is 3.59. The molecule has 0 saturated heterocycles. The van der Waals surface area contributed by atoms with E-state index >= 15 is 0 Å². The Morgan fingerprint density at radius 1 is 0.533 bits per heavy atom. The standard InChI is InChI=1S/C42H33N3/c1-3-17-36-30(2)34-24-13-14-26-37(34)45(36)39-28-16-27-38-41(39)35-25-15-29-40(42(35)44(38)33-22-11-6-12-23-33)43(31-18-7-4-8-19-31)32-20-9-5-10-21-32/h3-29H,1-2H3/b17-3-. The highest BCUT2D eigenvalue weighted by molar-refractivity contribution is 6.18. The zero-order chi connectivity index (χ0) is 30.3. The Hall–Kier alpha value is -5.80. The van der Waals surface area contributed by atoms with Gasteiger partial charge in [-0.1, -0.05) is 97.1 Å². The zero-order valence-corrected chi connectivity index (χ0v) is 25.4. The summed E-state index contributed by atoms with van der Waals surface area (Å²) < 4.78 is 4.89. The number of benzene rings is 6. The molecule has 0 aliphatic carbocycles. The normalized spacial score (nSPS) is 11.7. The van der Waals surface area contributed by atoms with Gasteiger partial charge in [0.25, 0.3) is 0 Å². The first-order chi connectivity index (χ1) is 22.3. The van der Waals surface area contributed by atoms with Crippen LogP contribution in [0, 0.1) is 6.92 Å². The molecule has 8 rings (SSSR count). The minimum Gasteiger partial charge on any atom is -0.309 e. The SMILES string of the molecule is C/C=C\c1c(C)c2ccccc2n1-c1cccc2c1c1cccc(N(c3ccccc3)c3ccccc3)c1n2-c1ccccc1. The van der Waals surface area contributed by atoms with Gasteiger partial charge in [0.05, 0.1) is 27.9 Å². The van der Waals surface area contributed by atoms with E-state index in [-0.39, 0.29) is 0 Å². The fourth-order valence-electron chi connectivity index (χ4n) is 6.91. The second kappa shape index (κ2) is 11.0. The van der Waals surface area contributed by atoms with Crippen LogP contribution in [-0.4, -0.2) is 9.13 Å². The molecule has 0 aliphatic rings. The van der Waals surface area contributed by atoms with Crippen LogP contribution in [0.3, 0.4) is 0 Å². The molecule has 0 fully saturated rings. The van der Waals surface area contributed by atoms with E-state index in [4.69, 9.17) is 0 Å². The Kier molecular flexibility index (Phi) is 6.57. The van der Waals surface area contributed by atoms with Gasteiger partial charge in [0, 0.05) is 38.9 Å². The molecule has 216 valence electrons. The van der Waals surface area contributed by atoms with Gasteiger partial charge in [0.1, 0.15) is 0 Å². The summed E-state index contributed by atoms with van der Waals surface area (Å²) in [5.74, 6) is 0. The number of aryl methyl sites for hydroxylation is 1. The van der Waals surface area contributed by atoms with E-state index < -0.39 is 0 Å². The van der Waals surface area contributed by atoms with Crippen LogP contribution in [0.2, 0.25) is 0 Å². The van der Waals surface area contributed by atoms with E-state index in [1.54, 1.807) is 0 Å². The third-order valence-electron chi connectivity index (χ3n) is 8.79. The van der Waals surface area contributed by atoms with E-state index in [0.717, 1.165) is 22.7 Å². The van der Waals surface area contributed by atoms with Crippen LogP contribution in [0.4, 0.5) is 17.1 Å². The molecule has 0 aliphatic heterocycles. The van der Waals surface area contributed by atoms with E-state index in [0.29, 0.717) is 0 Å². The van der Waals surface area contributed by atoms with Crippen molar-refractivity contribution in [2.75, 3.05) is 4.90 Å². The molecule has 8 aromatic rings. The third-order valence-corrected chi connectivity index (χ3v) is 8.79. The van der Waals surface area contributed by atoms with Crippen LogP contribution in [0.15, 0.2) is 158 Å². The number of fused-ring (bicyclic) bond motifs is 4. The predicted octanol–water partition coefficient (Wildman–Crippen LogP) is 11.5. The second-order valence-electron chi connectivity index (χ2n) is 11.4. The van der Waals surface area contributed by atoms with Gasteiger partial charge < -0.3 is 14.0 Å². The number of rotatable bonds is 6. The van der Waals surface area contributed by atoms with E-state index in [1.807, 2.05) is 0 Å². The largest absolute Gasteiger partial charge is 0.309 e. The van der Waals surface area contributed by atoms with Gasteiger partial charge in [0.2, 0.25) is 0 Å². The van der Waals surface area contributed by atoms with Crippen molar-refractivity contribution in [3.05, 3.63) is 169 Å². The highest BCUT2D eigenvalue weighted by atomic mass is 15.2. The summed E-state index contributed by atoms with van der Waals surface area (Å²) in [6.07, 6.45) is 4.38. The van der Waals surface area contributed by atoms with Crippen molar-refractivity contribution < 1.29 is 0 Å². The fraction of sp³-hybridized carbons (Fsp3) is 0.0476. The number of anilines is 3. The number of hydrogen-bond donors (Lipinski definition) is 0. The highest BCUT2D eigenvalue weighted by Crippen LogP contribution is 2.45. The zero-order valence-electron chi connectivity index (χ0n) is 25.4. The molecule has 6 aromatic carbocycles. The number of nitrogens with zero attached hydrogens (tertiary/aromatic N) is 3. The van der Waals surface area contributed by atoms with Gasteiger partial charge in [-0.15, -0.1) is 0 Å². The molecule has 0 bridgehead atoms. The first-order valence-electron chi connectivity index (χ1n) is 15.5. The van der Waals surface area contributed by atoms with Crippen molar-refractivity contribution in [3.8, 4) is 11.4 Å². The van der Waals surface area contributed by atoms with Crippen LogP contribution >= 0.6 is 0 Å². The maximum Gasteiger partial charge on any atom is 0.0783 e. The summed E-state index contributed by atoms with van der Waals surface area (Å²) in [6.45, 7) is 4.33. The third kappa shape index (κ3) is 4.28. The lowest BCUT2D eigenvalue weighted by Gasteiger charge is -2.27. The lowest BCUT2D eigenvalue weighted by molar-refractivity contribution is 1.11. The minimum atomic E-state index is 1.11. The first-order valence-corrected chi connectivity index (χ1v) is 15.5. The van der Waals surface area contributed by atoms with Crippen molar-refractivity contribution in [2.45, 2.75) is 13.8 Å².